The zero-order chi connectivity index (χ0) is 20.5. The van der Waals surface area contributed by atoms with Crippen molar-refractivity contribution in [2.45, 2.75) is 6.42 Å². The number of nitro groups is 1. The summed E-state index contributed by atoms with van der Waals surface area (Å²) in [6.45, 7) is 3.93. The van der Waals surface area contributed by atoms with Crippen LogP contribution in [0.25, 0.3) is 0 Å². The first kappa shape index (κ1) is 21.1. The maximum Gasteiger partial charge on any atom is 0.273 e. The van der Waals surface area contributed by atoms with E-state index in [4.69, 9.17) is 9.47 Å². The number of hydrazone groups is 1. The number of nitrogens with zero attached hydrogens (tertiary/aromatic N) is 2. The van der Waals surface area contributed by atoms with Gasteiger partial charge in [0.05, 0.1) is 24.7 Å². The van der Waals surface area contributed by atoms with Crippen LogP contribution in [0.5, 0.6) is 11.5 Å². The van der Waals surface area contributed by atoms with Gasteiger partial charge in [-0.2, -0.15) is 5.10 Å². The van der Waals surface area contributed by atoms with Crippen molar-refractivity contribution in [3.05, 3.63) is 74.8 Å². The van der Waals surface area contributed by atoms with Crippen LogP contribution in [0.3, 0.4) is 0 Å². The van der Waals surface area contributed by atoms with Gasteiger partial charge in [0, 0.05) is 21.7 Å². The van der Waals surface area contributed by atoms with Crippen molar-refractivity contribution < 1.29 is 19.2 Å². The van der Waals surface area contributed by atoms with Crippen molar-refractivity contribution in [2.24, 2.45) is 5.10 Å². The summed E-state index contributed by atoms with van der Waals surface area (Å²) in [5.74, 6) is 0.559. The molecule has 0 aromatic heterocycles. The Morgan fingerprint density at radius 2 is 2.11 bits per heavy atom. The summed E-state index contributed by atoms with van der Waals surface area (Å²) >= 11 is 3.41. The van der Waals surface area contributed by atoms with Gasteiger partial charge in [0.15, 0.2) is 11.5 Å². The van der Waals surface area contributed by atoms with E-state index in [0.29, 0.717) is 33.7 Å². The number of nitro benzene ring substituents is 1. The summed E-state index contributed by atoms with van der Waals surface area (Å²) in [7, 11) is 1.51. The molecule has 0 fully saturated rings. The Bertz CT molecular complexity index is 914. The molecule has 9 heteroatoms. The molecule has 2 aromatic rings. The van der Waals surface area contributed by atoms with Gasteiger partial charge in [0.25, 0.3) is 5.69 Å². The molecule has 0 atom stereocenters. The minimum Gasteiger partial charge on any atom is -0.493 e. The number of benzene rings is 2. The smallest absolute Gasteiger partial charge is 0.273 e. The van der Waals surface area contributed by atoms with Crippen LogP contribution in [0.2, 0.25) is 0 Å². The number of carbonyl (C=O) groups excluding carboxylic acids is 1. The Labute approximate surface area is 170 Å². The average Bonchev–Trinajstić information content (AvgIpc) is 2.67. The second-order valence-electron chi connectivity index (χ2n) is 5.48. The zero-order valence-corrected chi connectivity index (χ0v) is 16.6. The number of carbonyl (C=O) groups is 1. The van der Waals surface area contributed by atoms with Crippen LogP contribution in [-0.2, 0) is 11.2 Å². The van der Waals surface area contributed by atoms with E-state index in [0.717, 1.165) is 0 Å². The molecule has 2 rings (SSSR count). The summed E-state index contributed by atoms with van der Waals surface area (Å²) in [6, 6.07) is 9.48. The van der Waals surface area contributed by atoms with Crippen LogP contribution in [-0.4, -0.2) is 30.8 Å². The normalized spacial score (nSPS) is 10.5. The van der Waals surface area contributed by atoms with Gasteiger partial charge in [0.2, 0.25) is 5.91 Å². The quantitative estimate of drug-likeness (QED) is 0.273. The summed E-state index contributed by atoms with van der Waals surface area (Å²) < 4.78 is 11.5. The van der Waals surface area contributed by atoms with Crippen molar-refractivity contribution >= 4 is 33.7 Å². The Kier molecular flexibility index (Phi) is 7.70. The lowest BCUT2D eigenvalue weighted by molar-refractivity contribution is -0.385. The number of halogens is 1. The fourth-order valence-electron chi connectivity index (χ4n) is 2.30. The summed E-state index contributed by atoms with van der Waals surface area (Å²) in [5, 5.41) is 14.9. The predicted octanol–water partition coefficient (Wildman–Crippen LogP) is 3.62. The van der Waals surface area contributed by atoms with Crippen LogP contribution in [0.4, 0.5) is 5.69 Å². The average molecular weight is 448 g/mol. The van der Waals surface area contributed by atoms with Gasteiger partial charge in [-0.05, 0) is 28.1 Å². The van der Waals surface area contributed by atoms with Gasteiger partial charge in [-0.25, -0.2) is 5.43 Å². The number of hydrogen-bond donors (Lipinski definition) is 1. The van der Waals surface area contributed by atoms with Gasteiger partial charge in [-0.1, -0.05) is 30.9 Å². The minimum absolute atomic E-state index is 0.107. The Balaban J connectivity index is 2.07. The second-order valence-corrected chi connectivity index (χ2v) is 6.33. The second kappa shape index (κ2) is 10.2. The molecule has 0 bridgehead atoms. The van der Waals surface area contributed by atoms with Crippen LogP contribution < -0.4 is 14.9 Å². The number of para-hydroxylation sites is 1. The van der Waals surface area contributed by atoms with Gasteiger partial charge < -0.3 is 9.47 Å². The summed E-state index contributed by atoms with van der Waals surface area (Å²) in [4.78, 5) is 22.5. The highest BCUT2D eigenvalue weighted by atomic mass is 79.9. The monoisotopic (exact) mass is 447 g/mol. The number of hydrogen-bond acceptors (Lipinski definition) is 6. The van der Waals surface area contributed by atoms with E-state index in [1.165, 1.54) is 25.5 Å². The Morgan fingerprint density at radius 1 is 1.36 bits per heavy atom. The van der Waals surface area contributed by atoms with E-state index in [-0.39, 0.29) is 12.1 Å². The molecule has 0 unspecified atom stereocenters. The van der Waals surface area contributed by atoms with Gasteiger partial charge in [0.1, 0.15) is 6.61 Å². The van der Waals surface area contributed by atoms with Crippen LogP contribution in [0.15, 0.2) is 58.6 Å². The predicted molar refractivity (Wildman–Crippen MR) is 109 cm³/mol. The SMILES string of the molecule is C=CCOc1cc(Br)c(C=NNC(=O)Cc2ccccc2[N+](=O)[O-])cc1OC. The van der Waals surface area contributed by atoms with Crippen LogP contribution in [0, 0.1) is 10.1 Å². The van der Waals surface area contributed by atoms with Crippen LogP contribution in [0.1, 0.15) is 11.1 Å². The number of ether oxygens (including phenoxy) is 2. The number of nitrogens with one attached hydrogen (secondary N) is 1. The first-order valence-electron chi connectivity index (χ1n) is 8.11. The van der Waals surface area contributed by atoms with E-state index in [1.807, 2.05) is 0 Å². The summed E-state index contributed by atoms with van der Waals surface area (Å²) in [5.41, 5.74) is 3.21. The molecular formula is C19H18BrN3O5. The molecule has 0 saturated heterocycles. The molecule has 146 valence electrons. The first-order chi connectivity index (χ1) is 13.5. The highest BCUT2D eigenvalue weighted by Gasteiger charge is 2.15. The Morgan fingerprint density at radius 3 is 2.79 bits per heavy atom. The lowest BCUT2D eigenvalue weighted by atomic mass is 10.1. The number of methoxy groups -OCH3 is 1. The molecule has 0 heterocycles. The van der Waals surface area contributed by atoms with E-state index in [9.17, 15) is 14.9 Å². The third-order valence-electron chi connectivity index (χ3n) is 3.57. The van der Waals surface area contributed by atoms with Crippen molar-refractivity contribution in [3.63, 3.8) is 0 Å². The molecule has 0 aliphatic carbocycles. The lowest BCUT2D eigenvalue weighted by Crippen LogP contribution is -2.20. The highest BCUT2D eigenvalue weighted by Crippen LogP contribution is 2.32. The molecule has 2 aromatic carbocycles. The summed E-state index contributed by atoms with van der Waals surface area (Å²) in [6.07, 6.45) is 2.89. The molecule has 1 amide bonds. The van der Waals surface area contributed by atoms with Crippen molar-refractivity contribution in [1.29, 1.82) is 0 Å². The first-order valence-corrected chi connectivity index (χ1v) is 8.91. The van der Waals surface area contributed by atoms with Crippen LogP contribution >= 0.6 is 15.9 Å². The third-order valence-corrected chi connectivity index (χ3v) is 4.26. The molecule has 0 aliphatic rings. The fourth-order valence-corrected chi connectivity index (χ4v) is 2.72. The largest absolute Gasteiger partial charge is 0.493 e. The standard InChI is InChI=1S/C19H18BrN3O5/c1-3-8-28-18-11-15(20)14(9-17(18)27-2)12-21-22-19(24)10-13-6-4-5-7-16(13)23(25)26/h3-7,9,11-12H,1,8,10H2,2H3,(H,22,24). The topological polar surface area (TPSA) is 103 Å². The molecule has 1 N–H and O–H groups in total. The number of amides is 1. The molecule has 0 spiro atoms. The van der Waals surface area contributed by atoms with Crippen molar-refractivity contribution in [3.8, 4) is 11.5 Å². The maximum atomic E-state index is 12.0. The molecular weight excluding hydrogens is 430 g/mol. The lowest BCUT2D eigenvalue weighted by Gasteiger charge is -2.11. The molecule has 28 heavy (non-hydrogen) atoms. The van der Waals surface area contributed by atoms with Gasteiger partial charge in [-0.15, -0.1) is 0 Å². The minimum atomic E-state index is -0.523. The van der Waals surface area contributed by atoms with E-state index >= 15 is 0 Å². The maximum absolute atomic E-state index is 12.0. The van der Waals surface area contributed by atoms with Crippen molar-refractivity contribution in [1.82, 2.24) is 5.43 Å². The molecule has 0 radical (unpaired) electrons. The van der Waals surface area contributed by atoms with E-state index in [1.54, 1.807) is 30.3 Å². The molecule has 0 aliphatic heterocycles. The number of rotatable bonds is 9. The molecule has 0 saturated carbocycles. The van der Waals surface area contributed by atoms with E-state index in [2.05, 4.69) is 33.0 Å². The fraction of sp³-hybridized carbons (Fsp3) is 0.158. The van der Waals surface area contributed by atoms with E-state index < -0.39 is 10.8 Å². The molecule has 8 nitrogen and oxygen atoms in total. The van der Waals surface area contributed by atoms with Gasteiger partial charge >= 0.3 is 0 Å². The van der Waals surface area contributed by atoms with Crippen molar-refractivity contribution in [2.75, 3.05) is 13.7 Å². The zero-order valence-electron chi connectivity index (χ0n) is 15.1. The highest BCUT2D eigenvalue weighted by molar-refractivity contribution is 9.10. The third kappa shape index (κ3) is 5.65. The van der Waals surface area contributed by atoms with Gasteiger partial charge in [-0.3, -0.25) is 14.9 Å². The Hall–Kier alpha value is -3.20.